The number of hydrogen-bond donors (Lipinski definition) is 0. The van der Waals surface area contributed by atoms with Crippen LogP contribution in [0.25, 0.3) is 0 Å². The lowest BCUT2D eigenvalue weighted by molar-refractivity contribution is 0.481. The Hall–Kier alpha value is -0.480. The first-order chi connectivity index (χ1) is 13.7. The molecule has 0 bridgehead atoms. The fourth-order valence-electron chi connectivity index (χ4n) is 1.36. The SMILES string of the molecule is C=C=C(C)C(C)C(C)C.CC.CC.CC.CC.CCC(C)C.CCCC(C)CC. The van der Waals surface area contributed by atoms with Crippen LogP contribution in [0.15, 0.2) is 17.9 Å². The second-order valence-corrected chi connectivity index (χ2v) is 7.00. The van der Waals surface area contributed by atoms with Crippen molar-refractivity contribution in [3.8, 4) is 0 Å². The Morgan fingerprint density at radius 3 is 1.07 bits per heavy atom. The fraction of sp³-hybridized carbons (Fsp3) is 0.897. The van der Waals surface area contributed by atoms with E-state index in [9.17, 15) is 0 Å². The molecule has 29 heavy (non-hydrogen) atoms. The van der Waals surface area contributed by atoms with E-state index in [0.29, 0.717) is 11.8 Å². The molecular weight excluding hydrogens is 348 g/mol. The van der Waals surface area contributed by atoms with Gasteiger partial charge in [-0.2, -0.15) is 0 Å². The van der Waals surface area contributed by atoms with Crippen molar-refractivity contribution in [3.63, 3.8) is 0 Å². The standard InChI is InChI=1S/C9H16.C7H16.C5H12.4C2H6/c1-6-8(4)9(5)7(2)3;1-4-6-7(3)5-2;1-4-5(2)3;4*1-2/h7,9H,1H2,2-5H3;7H,4-6H2,1-3H3;5H,4H2,1-3H3;4*1-2H3. The maximum absolute atomic E-state index is 3.60. The first-order valence-corrected chi connectivity index (χ1v) is 13.0. The molecule has 0 nitrogen and oxygen atoms in total. The second kappa shape index (κ2) is 50.8. The number of rotatable bonds is 6. The predicted octanol–water partition coefficient (Wildman–Crippen LogP) is 12.0. The third-order valence-electron chi connectivity index (χ3n) is 4.26. The summed E-state index contributed by atoms with van der Waals surface area (Å²) in [5.41, 5.74) is 4.18. The van der Waals surface area contributed by atoms with Gasteiger partial charge in [-0.3, -0.25) is 0 Å². The van der Waals surface area contributed by atoms with Crippen molar-refractivity contribution in [1.82, 2.24) is 0 Å². The monoisotopic (exact) mass is 417 g/mol. The molecule has 2 unspecified atom stereocenters. The number of allylic oxidation sites excluding steroid dienone is 1. The summed E-state index contributed by atoms with van der Waals surface area (Å²) in [5, 5.41) is 0. The molecule has 0 saturated carbocycles. The molecule has 0 aromatic heterocycles. The van der Waals surface area contributed by atoms with E-state index >= 15 is 0 Å². The predicted molar refractivity (Wildman–Crippen MR) is 147 cm³/mol. The molecule has 0 aliphatic heterocycles. The minimum absolute atomic E-state index is 0.627. The van der Waals surface area contributed by atoms with Crippen LogP contribution in [0.4, 0.5) is 0 Å². The van der Waals surface area contributed by atoms with E-state index in [-0.39, 0.29) is 0 Å². The fourth-order valence-corrected chi connectivity index (χ4v) is 1.36. The van der Waals surface area contributed by atoms with Crippen LogP contribution in [0.2, 0.25) is 0 Å². The summed E-state index contributed by atoms with van der Waals surface area (Å²) in [6.45, 7) is 41.8. The maximum Gasteiger partial charge on any atom is -0.0135 e. The van der Waals surface area contributed by atoms with Gasteiger partial charge in [-0.1, -0.05) is 150 Å². The highest BCUT2D eigenvalue weighted by molar-refractivity contribution is 4.99. The summed E-state index contributed by atoms with van der Waals surface area (Å²) in [7, 11) is 0. The Balaban J connectivity index is -0.0000000435. The molecule has 0 saturated heterocycles. The van der Waals surface area contributed by atoms with Crippen molar-refractivity contribution in [1.29, 1.82) is 0 Å². The molecule has 0 aromatic carbocycles. The lowest BCUT2D eigenvalue weighted by Gasteiger charge is -2.13. The molecular formula is C29H68. The lowest BCUT2D eigenvalue weighted by Crippen LogP contribution is -2.03. The topological polar surface area (TPSA) is 0 Å². The Morgan fingerprint density at radius 1 is 0.690 bits per heavy atom. The van der Waals surface area contributed by atoms with Crippen LogP contribution < -0.4 is 0 Å². The van der Waals surface area contributed by atoms with Gasteiger partial charge in [0.25, 0.3) is 0 Å². The van der Waals surface area contributed by atoms with Crippen molar-refractivity contribution >= 4 is 0 Å². The molecule has 2 atom stereocenters. The van der Waals surface area contributed by atoms with Crippen molar-refractivity contribution in [3.05, 3.63) is 17.9 Å². The van der Waals surface area contributed by atoms with Crippen LogP contribution in [-0.2, 0) is 0 Å². The van der Waals surface area contributed by atoms with Gasteiger partial charge in [0.1, 0.15) is 0 Å². The summed E-state index contributed by atoms with van der Waals surface area (Å²) in [6, 6.07) is 0. The van der Waals surface area contributed by atoms with Gasteiger partial charge in [0.2, 0.25) is 0 Å². The molecule has 0 rings (SSSR count). The third-order valence-corrected chi connectivity index (χ3v) is 4.26. The number of hydrogen-bond acceptors (Lipinski definition) is 0. The molecule has 0 heterocycles. The first-order valence-electron chi connectivity index (χ1n) is 13.0. The molecule has 0 aliphatic carbocycles. The van der Waals surface area contributed by atoms with Gasteiger partial charge >= 0.3 is 0 Å². The van der Waals surface area contributed by atoms with Gasteiger partial charge in [0.15, 0.2) is 0 Å². The maximum atomic E-state index is 3.60. The van der Waals surface area contributed by atoms with Gasteiger partial charge < -0.3 is 0 Å². The highest BCUT2D eigenvalue weighted by atomic mass is 14.1. The van der Waals surface area contributed by atoms with Gasteiger partial charge in [-0.25, -0.2) is 0 Å². The zero-order valence-electron chi connectivity index (χ0n) is 24.8. The minimum Gasteiger partial charge on any atom is -0.130 e. The second-order valence-electron chi connectivity index (χ2n) is 7.00. The third kappa shape index (κ3) is 65.7. The van der Waals surface area contributed by atoms with E-state index in [1.807, 2.05) is 55.4 Å². The molecule has 0 radical (unpaired) electrons. The molecule has 0 amide bonds. The Morgan fingerprint density at radius 2 is 1.00 bits per heavy atom. The van der Waals surface area contributed by atoms with Crippen molar-refractivity contribution in [2.75, 3.05) is 0 Å². The summed E-state index contributed by atoms with van der Waals surface area (Å²) >= 11 is 0. The normalized spacial score (nSPS) is 9.93. The summed E-state index contributed by atoms with van der Waals surface area (Å²) in [6.07, 6.45) is 5.39. The quantitative estimate of drug-likeness (QED) is 0.377. The van der Waals surface area contributed by atoms with Gasteiger partial charge in [0.05, 0.1) is 0 Å². The summed E-state index contributed by atoms with van der Waals surface area (Å²) in [4.78, 5) is 0. The first kappa shape index (κ1) is 46.6. The highest BCUT2D eigenvalue weighted by Crippen LogP contribution is 2.17. The summed E-state index contributed by atoms with van der Waals surface area (Å²) < 4.78 is 0. The molecule has 0 N–H and O–H groups in total. The van der Waals surface area contributed by atoms with Crippen LogP contribution in [0, 0.1) is 23.7 Å². The van der Waals surface area contributed by atoms with E-state index in [2.05, 4.69) is 81.5 Å². The Labute approximate surface area is 192 Å². The van der Waals surface area contributed by atoms with Gasteiger partial charge in [-0.15, -0.1) is 5.73 Å². The van der Waals surface area contributed by atoms with E-state index < -0.39 is 0 Å². The molecule has 0 aliphatic rings. The molecule has 184 valence electrons. The molecule has 0 spiro atoms. The van der Waals surface area contributed by atoms with Crippen LogP contribution in [-0.4, -0.2) is 0 Å². The van der Waals surface area contributed by atoms with Crippen molar-refractivity contribution < 1.29 is 0 Å². The Kier molecular flexibility index (Phi) is 81.7. The van der Waals surface area contributed by atoms with Crippen LogP contribution >= 0.6 is 0 Å². The largest absolute Gasteiger partial charge is 0.130 e. The summed E-state index contributed by atoms with van der Waals surface area (Å²) in [5.74, 6) is 3.17. The lowest BCUT2D eigenvalue weighted by atomic mass is 9.92. The van der Waals surface area contributed by atoms with E-state index in [1.165, 1.54) is 31.3 Å². The highest BCUT2D eigenvalue weighted by Gasteiger charge is 2.06. The molecule has 0 aromatic rings. The van der Waals surface area contributed by atoms with Gasteiger partial charge in [0, 0.05) is 0 Å². The minimum atomic E-state index is 0.627. The van der Waals surface area contributed by atoms with Crippen molar-refractivity contribution in [2.45, 2.75) is 150 Å². The van der Waals surface area contributed by atoms with Crippen molar-refractivity contribution in [2.24, 2.45) is 23.7 Å². The zero-order valence-corrected chi connectivity index (χ0v) is 24.8. The average Bonchev–Trinajstić information content (AvgIpc) is 2.78. The van der Waals surface area contributed by atoms with E-state index in [4.69, 9.17) is 0 Å². The smallest absolute Gasteiger partial charge is 0.0135 e. The van der Waals surface area contributed by atoms with Gasteiger partial charge in [-0.05, 0) is 36.2 Å². The molecule has 0 fully saturated rings. The zero-order chi connectivity index (χ0) is 25.4. The molecule has 0 heteroatoms. The average molecular weight is 417 g/mol. The van der Waals surface area contributed by atoms with Crippen LogP contribution in [0.3, 0.4) is 0 Å². The Bertz CT molecular complexity index is 241. The van der Waals surface area contributed by atoms with Crippen LogP contribution in [0.5, 0.6) is 0 Å². The van der Waals surface area contributed by atoms with Crippen LogP contribution in [0.1, 0.15) is 150 Å². The van der Waals surface area contributed by atoms with E-state index in [1.54, 1.807) is 0 Å². The van der Waals surface area contributed by atoms with E-state index in [0.717, 1.165) is 11.8 Å².